The first kappa shape index (κ1) is 24.3. The monoisotopic (exact) mass is 464 g/mol. The van der Waals surface area contributed by atoms with Gasteiger partial charge < -0.3 is 19.7 Å². The maximum atomic E-state index is 13.2. The van der Waals surface area contributed by atoms with Gasteiger partial charge in [-0.1, -0.05) is 42.5 Å². The molecule has 6 heteroatoms. The van der Waals surface area contributed by atoms with E-state index in [1.807, 2.05) is 36.4 Å². The predicted octanol–water partition coefficient (Wildman–Crippen LogP) is 4.62. The van der Waals surface area contributed by atoms with Crippen LogP contribution < -0.4 is 10.1 Å². The summed E-state index contributed by atoms with van der Waals surface area (Å²) in [5.74, 6) is 0.539. The fraction of sp³-hybridized carbons (Fsp3) is 0.500. The van der Waals surface area contributed by atoms with Crippen LogP contribution in [-0.2, 0) is 14.3 Å². The van der Waals surface area contributed by atoms with Gasteiger partial charge in [-0.25, -0.2) is 0 Å². The molecule has 1 saturated heterocycles. The molecule has 182 valence electrons. The van der Waals surface area contributed by atoms with Crippen LogP contribution in [0.1, 0.15) is 51.4 Å². The first-order valence-corrected chi connectivity index (χ1v) is 12.6. The van der Waals surface area contributed by atoms with Gasteiger partial charge in [0.15, 0.2) is 0 Å². The average molecular weight is 465 g/mol. The Balaban J connectivity index is 1.36. The molecule has 2 aliphatic rings. The van der Waals surface area contributed by atoms with Crippen LogP contribution in [0.25, 0.3) is 10.8 Å². The van der Waals surface area contributed by atoms with Crippen LogP contribution in [0.2, 0.25) is 0 Å². The normalized spacial score (nSPS) is 17.5. The Hall–Kier alpha value is -2.86. The van der Waals surface area contributed by atoms with Crippen molar-refractivity contribution in [2.45, 2.75) is 63.5 Å². The number of methoxy groups -OCH3 is 1. The number of nitrogens with zero attached hydrogens (tertiary/aromatic N) is 1. The molecule has 1 N–H and O–H groups in total. The minimum absolute atomic E-state index is 0.0434. The van der Waals surface area contributed by atoms with Crippen LogP contribution in [0.5, 0.6) is 5.75 Å². The number of likely N-dealkylation sites (tertiary alicyclic amines) is 1. The average Bonchev–Trinajstić information content (AvgIpc) is 3.71. The summed E-state index contributed by atoms with van der Waals surface area (Å²) in [6.45, 7) is 2.35. The Morgan fingerprint density at radius 2 is 1.79 bits per heavy atom. The summed E-state index contributed by atoms with van der Waals surface area (Å²) >= 11 is 0. The van der Waals surface area contributed by atoms with Crippen molar-refractivity contribution in [1.29, 1.82) is 0 Å². The Morgan fingerprint density at radius 3 is 2.56 bits per heavy atom. The Bertz CT molecular complexity index is 1000. The number of benzene rings is 2. The molecule has 2 aromatic carbocycles. The van der Waals surface area contributed by atoms with Crippen molar-refractivity contribution in [3.8, 4) is 5.75 Å². The van der Waals surface area contributed by atoms with E-state index >= 15 is 0 Å². The first-order valence-electron chi connectivity index (χ1n) is 12.6. The van der Waals surface area contributed by atoms with E-state index < -0.39 is 0 Å². The van der Waals surface area contributed by atoms with Crippen LogP contribution in [0.4, 0.5) is 0 Å². The third kappa shape index (κ3) is 6.83. The minimum Gasteiger partial charge on any atom is -0.488 e. The van der Waals surface area contributed by atoms with E-state index in [-0.39, 0.29) is 24.5 Å². The standard InChI is InChI=1S/C28H36N2O4/c1-33-27(31)13-4-2-3-9-22(20-34-26-12-7-10-21-8-5-6-11-25(21)26)28(32)29-23-16-18-30(19-17-23)24-14-15-24/h5-12,23-24H,2-4,13-20H2,1H3,(H,29,32). The zero-order valence-electron chi connectivity index (χ0n) is 20.1. The number of hydrogen-bond donors (Lipinski definition) is 1. The number of fused-ring (bicyclic) bond motifs is 1. The van der Waals surface area contributed by atoms with Gasteiger partial charge in [-0.3, -0.25) is 9.59 Å². The lowest BCUT2D eigenvalue weighted by Crippen LogP contribution is -2.46. The molecule has 0 bridgehead atoms. The highest BCUT2D eigenvalue weighted by Crippen LogP contribution is 2.29. The fourth-order valence-electron chi connectivity index (χ4n) is 4.61. The van der Waals surface area contributed by atoms with E-state index in [0.29, 0.717) is 12.0 Å². The molecule has 1 saturated carbocycles. The highest BCUT2D eigenvalue weighted by Gasteiger charge is 2.32. The third-order valence-electron chi connectivity index (χ3n) is 6.81. The van der Waals surface area contributed by atoms with Gasteiger partial charge in [0.25, 0.3) is 5.91 Å². The maximum Gasteiger partial charge on any atom is 0.305 e. The molecule has 1 aliphatic heterocycles. The molecule has 1 aliphatic carbocycles. The van der Waals surface area contributed by atoms with Crippen molar-refractivity contribution in [2.75, 3.05) is 26.8 Å². The van der Waals surface area contributed by atoms with E-state index in [2.05, 4.69) is 22.3 Å². The second-order valence-electron chi connectivity index (χ2n) is 9.33. The van der Waals surface area contributed by atoms with Gasteiger partial charge in [0.05, 0.1) is 12.7 Å². The highest BCUT2D eigenvalue weighted by molar-refractivity contribution is 5.94. The number of amides is 1. The van der Waals surface area contributed by atoms with Crippen molar-refractivity contribution >= 4 is 22.6 Å². The summed E-state index contributed by atoms with van der Waals surface area (Å²) in [6.07, 6.45) is 9.30. The number of allylic oxidation sites excluding steroid dienone is 1. The summed E-state index contributed by atoms with van der Waals surface area (Å²) < 4.78 is 10.9. The van der Waals surface area contributed by atoms with Gasteiger partial charge in [-0.2, -0.15) is 0 Å². The number of hydrogen-bond acceptors (Lipinski definition) is 5. The van der Waals surface area contributed by atoms with Gasteiger partial charge in [0, 0.05) is 37.0 Å². The molecular weight excluding hydrogens is 428 g/mol. The van der Waals surface area contributed by atoms with E-state index in [1.54, 1.807) is 0 Å². The van der Waals surface area contributed by atoms with Gasteiger partial charge >= 0.3 is 5.97 Å². The van der Waals surface area contributed by atoms with Crippen molar-refractivity contribution in [2.24, 2.45) is 0 Å². The lowest BCUT2D eigenvalue weighted by Gasteiger charge is -2.32. The summed E-state index contributed by atoms with van der Waals surface area (Å²) in [4.78, 5) is 27.1. The smallest absolute Gasteiger partial charge is 0.305 e. The Labute approximate surface area is 202 Å². The number of nitrogens with one attached hydrogen (secondary N) is 1. The fourth-order valence-corrected chi connectivity index (χ4v) is 4.61. The molecule has 0 aromatic heterocycles. The molecule has 1 amide bonds. The van der Waals surface area contributed by atoms with Gasteiger partial charge in [-0.05, 0) is 56.4 Å². The number of ether oxygens (including phenoxy) is 2. The van der Waals surface area contributed by atoms with Gasteiger partial charge in [0.2, 0.25) is 0 Å². The third-order valence-corrected chi connectivity index (χ3v) is 6.81. The molecule has 4 rings (SSSR count). The lowest BCUT2D eigenvalue weighted by atomic mass is 10.0. The summed E-state index contributed by atoms with van der Waals surface area (Å²) in [5, 5.41) is 5.40. The summed E-state index contributed by atoms with van der Waals surface area (Å²) in [7, 11) is 1.41. The van der Waals surface area contributed by atoms with E-state index in [0.717, 1.165) is 67.8 Å². The quantitative estimate of drug-likeness (QED) is 0.299. The van der Waals surface area contributed by atoms with Crippen molar-refractivity contribution in [3.05, 3.63) is 54.1 Å². The second-order valence-corrected chi connectivity index (χ2v) is 9.33. The largest absolute Gasteiger partial charge is 0.488 e. The second kappa shape index (κ2) is 12.0. The van der Waals surface area contributed by atoms with E-state index in [4.69, 9.17) is 9.47 Å². The number of piperidine rings is 1. The van der Waals surface area contributed by atoms with Crippen molar-refractivity contribution in [1.82, 2.24) is 10.2 Å². The molecule has 1 heterocycles. The first-order chi connectivity index (χ1) is 16.6. The zero-order valence-corrected chi connectivity index (χ0v) is 20.1. The van der Waals surface area contributed by atoms with Crippen LogP contribution in [0.3, 0.4) is 0 Å². The number of carbonyl (C=O) groups is 2. The Kier molecular flexibility index (Phi) is 8.58. The SMILES string of the molecule is COC(=O)CCCCC=C(COc1cccc2ccccc12)C(=O)NC1CCN(C2CC2)CC1. The van der Waals surface area contributed by atoms with E-state index in [9.17, 15) is 9.59 Å². The maximum absolute atomic E-state index is 13.2. The molecule has 0 atom stereocenters. The molecule has 6 nitrogen and oxygen atoms in total. The summed E-state index contributed by atoms with van der Waals surface area (Å²) in [6, 6.07) is 15.1. The molecule has 0 radical (unpaired) electrons. The molecule has 34 heavy (non-hydrogen) atoms. The van der Waals surface area contributed by atoms with Crippen LogP contribution in [0.15, 0.2) is 54.1 Å². The number of unbranched alkanes of at least 4 members (excludes halogenated alkanes) is 2. The predicted molar refractivity (Wildman–Crippen MR) is 134 cm³/mol. The number of rotatable bonds is 11. The molecule has 2 fully saturated rings. The molecule has 0 unspecified atom stereocenters. The molecule has 0 spiro atoms. The summed E-state index contributed by atoms with van der Waals surface area (Å²) in [5.41, 5.74) is 0.649. The lowest BCUT2D eigenvalue weighted by molar-refractivity contribution is -0.140. The van der Waals surface area contributed by atoms with Crippen molar-refractivity contribution < 1.29 is 19.1 Å². The number of carbonyl (C=O) groups excluding carboxylic acids is 2. The number of esters is 1. The van der Waals surface area contributed by atoms with Crippen LogP contribution >= 0.6 is 0 Å². The van der Waals surface area contributed by atoms with Crippen LogP contribution in [0, 0.1) is 0 Å². The van der Waals surface area contributed by atoms with Crippen LogP contribution in [-0.4, -0.2) is 55.7 Å². The highest BCUT2D eigenvalue weighted by atomic mass is 16.5. The van der Waals surface area contributed by atoms with E-state index in [1.165, 1.54) is 20.0 Å². The molecule has 2 aromatic rings. The zero-order chi connectivity index (χ0) is 23.8. The van der Waals surface area contributed by atoms with Crippen molar-refractivity contribution in [3.63, 3.8) is 0 Å². The minimum atomic E-state index is -0.196. The van der Waals surface area contributed by atoms with Gasteiger partial charge in [-0.15, -0.1) is 0 Å². The Morgan fingerprint density at radius 1 is 1.03 bits per heavy atom. The topological polar surface area (TPSA) is 67.9 Å². The molecular formula is C28H36N2O4. The van der Waals surface area contributed by atoms with Gasteiger partial charge in [0.1, 0.15) is 12.4 Å².